The van der Waals surface area contributed by atoms with Gasteiger partial charge in [-0.25, -0.2) is 4.39 Å². The molecule has 0 aliphatic rings. The lowest BCUT2D eigenvalue weighted by atomic mass is 9.96. The first kappa shape index (κ1) is 17.5. The number of benzene rings is 1. The van der Waals surface area contributed by atoms with Crippen molar-refractivity contribution in [2.24, 2.45) is 0 Å². The van der Waals surface area contributed by atoms with Gasteiger partial charge in [-0.1, -0.05) is 6.92 Å². The average Bonchev–Trinajstić information content (AvgIpc) is 2.47. The van der Waals surface area contributed by atoms with E-state index in [0.717, 1.165) is 43.5 Å². The van der Waals surface area contributed by atoms with Crippen molar-refractivity contribution in [1.82, 2.24) is 5.32 Å². The highest BCUT2D eigenvalue weighted by Crippen LogP contribution is 2.19. The zero-order valence-corrected chi connectivity index (χ0v) is 13.2. The molecule has 0 fully saturated rings. The molecule has 0 saturated carbocycles. The van der Waals surface area contributed by atoms with Crippen molar-refractivity contribution < 1.29 is 9.13 Å². The molecule has 4 heteroatoms. The highest BCUT2D eigenvalue weighted by atomic mass is 19.1. The fourth-order valence-electron chi connectivity index (χ4n) is 2.12. The minimum Gasteiger partial charge on any atom is -0.493 e. The van der Waals surface area contributed by atoms with Gasteiger partial charge in [-0.2, -0.15) is 5.26 Å². The second-order valence-electron chi connectivity index (χ2n) is 5.59. The smallest absolute Gasteiger partial charge is 0.123 e. The Morgan fingerprint density at radius 3 is 2.76 bits per heavy atom. The molecule has 21 heavy (non-hydrogen) atoms. The molecule has 1 N–H and O–H groups in total. The van der Waals surface area contributed by atoms with E-state index in [4.69, 9.17) is 4.74 Å². The van der Waals surface area contributed by atoms with E-state index in [1.54, 1.807) is 6.07 Å². The maximum atomic E-state index is 13.0. The van der Waals surface area contributed by atoms with Crippen LogP contribution in [0.3, 0.4) is 0 Å². The maximum absolute atomic E-state index is 13.0. The Labute approximate surface area is 127 Å². The number of hydrogen-bond donors (Lipinski definition) is 1. The molecule has 0 aliphatic heterocycles. The summed E-state index contributed by atoms with van der Waals surface area (Å²) in [7, 11) is 0. The van der Waals surface area contributed by atoms with E-state index < -0.39 is 5.54 Å². The zero-order chi connectivity index (χ0) is 15.7. The van der Waals surface area contributed by atoms with Crippen LogP contribution in [-0.2, 0) is 0 Å². The van der Waals surface area contributed by atoms with Crippen LogP contribution >= 0.6 is 0 Å². The van der Waals surface area contributed by atoms with Gasteiger partial charge in [0.25, 0.3) is 0 Å². The minimum atomic E-state index is -0.457. The quantitative estimate of drug-likeness (QED) is 0.701. The Bertz CT molecular complexity index is 484. The number of nitrogens with zero attached hydrogens (tertiary/aromatic N) is 1. The van der Waals surface area contributed by atoms with Crippen LogP contribution in [0.5, 0.6) is 5.75 Å². The first-order valence-corrected chi connectivity index (χ1v) is 7.56. The first-order valence-electron chi connectivity index (χ1n) is 7.56. The monoisotopic (exact) mass is 292 g/mol. The molecule has 0 heterocycles. The van der Waals surface area contributed by atoms with Crippen LogP contribution in [0.15, 0.2) is 18.2 Å². The fourth-order valence-corrected chi connectivity index (χ4v) is 2.12. The van der Waals surface area contributed by atoms with Crippen molar-refractivity contribution in [2.75, 3.05) is 13.2 Å². The van der Waals surface area contributed by atoms with Crippen LogP contribution in [0.1, 0.15) is 45.1 Å². The molecule has 1 rings (SSSR count). The topological polar surface area (TPSA) is 45.0 Å². The Kier molecular flexibility index (Phi) is 7.18. The predicted molar refractivity (Wildman–Crippen MR) is 82.8 cm³/mol. The third-order valence-corrected chi connectivity index (χ3v) is 3.48. The molecule has 0 aliphatic carbocycles. The lowest BCUT2D eigenvalue weighted by Gasteiger charge is -2.23. The molecule has 0 radical (unpaired) electrons. The molecule has 3 nitrogen and oxygen atoms in total. The summed E-state index contributed by atoms with van der Waals surface area (Å²) in [5.74, 6) is 0.482. The van der Waals surface area contributed by atoms with Gasteiger partial charge >= 0.3 is 0 Å². The molecule has 1 aromatic rings. The third-order valence-electron chi connectivity index (χ3n) is 3.48. The highest BCUT2D eigenvalue weighted by molar-refractivity contribution is 5.32. The van der Waals surface area contributed by atoms with Gasteiger partial charge < -0.3 is 4.74 Å². The van der Waals surface area contributed by atoms with Gasteiger partial charge in [0.1, 0.15) is 17.1 Å². The number of hydrogen-bond acceptors (Lipinski definition) is 3. The van der Waals surface area contributed by atoms with E-state index >= 15 is 0 Å². The van der Waals surface area contributed by atoms with E-state index in [-0.39, 0.29) is 5.82 Å². The van der Waals surface area contributed by atoms with Gasteiger partial charge in [0, 0.05) is 0 Å². The van der Waals surface area contributed by atoms with Gasteiger partial charge in [0.05, 0.1) is 12.7 Å². The Hall–Kier alpha value is -1.60. The Balaban J connectivity index is 2.29. The van der Waals surface area contributed by atoms with Crippen molar-refractivity contribution >= 4 is 0 Å². The highest BCUT2D eigenvalue weighted by Gasteiger charge is 2.21. The van der Waals surface area contributed by atoms with Gasteiger partial charge in [-0.15, -0.1) is 0 Å². The van der Waals surface area contributed by atoms with Crippen molar-refractivity contribution in [1.29, 1.82) is 5.26 Å². The van der Waals surface area contributed by atoms with E-state index in [1.165, 1.54) is 12.1 Å². The number of ether oxygens (including phenoxy) is 1. The van der Waals surface area contributed by atoms with Crippen LogP contribution < -0.4 is 10.1 Å². The predicted octanol–water partition coefficient (Wildman–Crippen LogP) is 3.97. The van der Waals surface area contributed by atoms with E-state index in [2.05, 4.69) is 18.3 Å². The number of halogens is 1. The number of nitrogens with one attached hydrogen (secondary N) is 1. The van der Waals surface area contributed by atoms with Gasteiger partial charge in [-0.05, 0) is 69.8 Å². The number of nitriles is 1. The molecule has 1 unspecified atom stereocenters. The summed E-state index contributed by atoms with van der Waals surface area (Å²) in [4.78, 5) is 0. The van der Waals surface area contributed by atoms with Crippen LogP contribution in [0.4, 0.5) is 4.39 Å². The Morgan fingerprint density at radius 1 is 1.38 bits per heavy atom. The molecule has 0 amide bonds. The molecule has 0 saturated heterocycles. The van der Waals surface area contributed by atoms with Crippen LogP contribution in [0.25, 0.3) is 0 Å². The summed E-state index contributed by atoms with van der Waals surface area (Å²) < 4.78 is 18.6. The molecule has 0 bridgehead atoms. The summed E-state index contributed by atoms with van der Waals surface area (Å²) in [6.45, 7) is 7.30. The fraction of sp³-hybridized carbons (Fsp3) is 0.588. The molecule has 0 aromatic heterocycles. The largest absolute Gasteiger partial charge is 0.493 e. The van der Waals surface area contributed by atoms with Gasteiger partial charge in [-0.3, -0.25) is 5.32 Å². The maximum Gasteiger partial charge on any atom is 0.123 e. The van der Waals surface area contributed by atoms with Crippen molar-refractivity contribution in [3.05, 3.63) is 29.6 Å². The standard InChI is InChI=1S/C17H25FN2O/c1-4-10-20-17(3,13-19)9-5-6-11-21-16-8-7-15(18)12-14(16)2/h7-8,12,20H,4-6,9-11H2,1-3H3. The number of unbranched alkanes of at least 4 members (excludes halogenated alkanes) is 1. The molecular weight excluding hydrogens is 267 g/mol. The van der Waals surface area contributed by atoms with Gasteiger partial charge in [0.2, 0.25) is 0 Å². The van der Waals surface area contributed by atoms with Crippen LogP contribution in [-0.4, -0.2) is 18.7 Å². The summed E-state index contributed by atoms with van der Waals surface area (Å²) in [5, 5.41) is 12.5. The summed E-state index contributed by atoms with van der Waals surface area (Å²) in [6.07, 6.45) is 3.61. The van der Waals surface area contributed by atoms with E-state index in [9.17, 15) is 9.65 Å². The Morgan fingerprint density at radius 2 is 2.14 bits per heavy atom. The first-order chi connectivity index (χ1) is 10.0. The lowest BCUT2D eigenvalue weighted by molar-refractivity contribution is 0.293. The van der Waals surface area contributed by atoms with Crippen LogP contribution in [0, 0.1) is 24.1 Å². The molecule has 0 spiro atoms. The van der Waals surface area contributed by atoms with Crippen molar-refractivity contribution in [2.45, 2.75) is 52.0 Å². The van der Waals surface area contributed by atoms with Crippen molar-refractivity contribution in [3.8, 4) is 11.8 Å². The molecule has 1 atom stereocenters. The van der Waals surface area contributed by atoms with E-state index in [1.807, 2.05) is 13.8 Å². The summed E-state index contributed by atoms with van der Waals surface area (Å²) >= 11 is 0. The second kappa shape index (κ2) is 8.63. The molecule has 116 valence electrons. The van der Waals surface area contributed by atoms with Crippen molar-refractivity contribution in [3.63, 3.8) is 0 Å². The summed E-state index contributed by atoms with van der Waals surface area (Å²) in [6, 6.07) is 6.88. The summed E-state index contributed by atoms with van der Waals surface area (Å²) in [5.41, 5.74) is 0.350. The van der Waals surface area contributed by atoms with Gasteiger partial charge in [0.15, 0.2) is 0 Å². The second-order valence-corrected chi connectivity index (χ2v) is 5.59. The number of rotatable bonds is 9. The number of aryl methyl sites for hydroxylation is 1. The molecular formula is C17H25FN2O. The average molecular weight is 292 g/mol. The van der Waals surface area contributed by atoms with E-state index in [0.29, 0.717) is 6.61 Å². The van der Waals surface area contributed by atoms with Crippen LogP contribution in [0.2, 0.25) is 0 Å². The SMILES string of the molecule is CCCNC(C)(C#N)CCCCOc1ccc(F)cc1C. The molecule has 1 aromatic carbocycles. The lowest BCUT2D eigenvalue weighted by Crippen LogP contribution is -2.41. The normalized spacial score (nSPS) is 13.5. The third kappa shape index (κ3) is 6.14. The minimum absolute atomic E-state index is 0.244. The zero-order valence-electron chi connectivity index (χ0n) is 13.2.